The van der Waals surface area contributed by atoms with Crippen LogP contribution in [0.15, 0.2) is 31.1 Å². The van der Waals surface area contributed by atoms with Crippen LogP contribution in [0.3, 0.4) is 0 Å². The zero-order chi connectivity index (χ0) is 17.1. The molecule has 3 aromatic rings. The molecule has 3 aromatic heterocycles. The fourth-order valence-electron chi connectivity index (χ4n) is 2.29. The molecule has 0 bridgehead atoms. The molecule has 0 radical (unpaired) electrons. The Balaban J connectivity index is 1.88. The maximum absolute atomic E-state index is 11.0. The van der Waals surface area contributed by atoms with E-state index in [-0.39, 0.29) is 11.8 Å². The van der Waals surface area contributed by atoms with Crippen LogP contribution in [0.5, 0.6) is 0 Å². The van der Waals surface area contributed by atoms with Crippen molar-refractivity contribution in [3.05, 3.63) is 42.1 Å². The second-order valence-corrected chi connectivity index (χ2v) is 5.32. The maximum Gasteiger partial charge on any atom is 0.323 e. The predicted octanol–water partition coefficient (Wildman–Crippen LogP) is 1.56. The molecule has 0 aliphatic rings. The van der Waals surface area contributed by atoms with E-state index in [4.69, 9.17) is 16.7 Å². The number of carbonyl (C=O) groups is 1. The van der Waals surface area contributed by atoms with Crippen molar-refractivity contribution in [2.75, 3.05) is 5.32 Å². The molecule has 3 heterocycles. The summed E-state index contributed by atoms with van der Waals surface area (Å²) >= 11 is 5.93. The molecule has 0 unspecified atom stereocenters. The van der Waals surface area contributed by atoms with Gasteiger partial charge in [0.1, 0.15) is 17.8 Å². The predicted molar refractivity (Wildman–Crippen MR) is 87.7 cm³/mol. The SMILES string of the molecule is C=CCn1cc(CNc2nc(Cl)nc3ccn(CC(=O)O)c23)nn1. The molecule has 0 aliphatic carbocycles. The van der Waals surface area contributed by atoms with Crippen molar-refractivity contribution >= 4 is 34.4 Å². The molecule has 9 nitrogen and oxygen atoms in total. The van der Waals surface area contributed by atoms with Crippen molar-refractivity contribution in [2.24, 2.45) is 0 Å². The highest BCUT2D eigenvalue weighted by molar-refractivity contribution is 6.28. The first-order chi connectivity index (χ1) is 11.6. The molecular weight excluding hydrogens is 334 g/mol. The van der Waals surface area contributed by atoms with E-state index in [1.807, 2.05) is 0 Å². The van der Waals surface area contributed by atoms with Crippen LogP contribution in [0, 0.1) is 0 Å². The minimum Gasteiger partial charge on any atom is -0.480 e. The molecule has 0 atom stereocenters. The number of anilines is 1. The number of allylic oxidation sites excluding steroid dienone is 1. The van der Waals surface area contributed by atoms with Crippen molar-refractivity contribution < 1.29 is 9.90 Å². The number of carboxylic acids is 1. The van der Waals surface area contributed by atoms with Gasteiger partial charge >= 0.3 is 5.97 Å². The van der Waals surface area contributed by atoms with Gasteiger partial charge in [-0.15, -0.1) is 11.7 Å². The van der Waals surface area contributed by atoms with Gasteiger partial charge in [0.2, 0.25) is 5.28 Å². The molecule has 2 N–H and O–H groups in total. The maximum atomic E-state index is 11.0. The molecule has 0 amide bonds. The molecule has 3 rings (SSSR count). The second-order valence-electron chi connectivity index (χ2n) is 4.99. The van der Waals surface area contributed by atoms with E-state index >= 15 is 0 Å². The Morgan fingerprint density at radius 1 is 1.46 bits per heavy atom. The lowest BCUT2D eigenvalue weighted by atomic mass is 10.4. The lowest BCUT2D eigenvalue weighted by Crippen LogP contribution is -2.10. The van der Waals surface area contributed by atoms with Crippen LogP contribution >= 0.6 is 11.6 Å². The number of nitrogens with one attached hydrogen (secondary N) is 1. The Bertz CT molecular complexity index is 902. The van der Waals surface area contributed by atoms with Crippen molar-refractivity contribution in [3.8, 4) is 0 Å². The molecular formula is C14H14ClN7O2. The minimum absolute atomic E-state index is 0.0772. The first-order valence-corrected chi connectivity index (χ1v) is 7.42. The molecule has 0 saturated heterocycles. The Morgan fingerprint density at radius 3 is 3.04 bits per heavy atom. The highest BCUT2D eigenvalue weighted by Crippen LogP contribution is 2.23. The minimum atomic E-state index is -0.958. The van der Waals surface area contributed by atoms with E-state index in [2.05, 4.69) is 32.2 Å². The van der Waals surface area contributed by atoms with Crippen LogP contribution in [-0.2, 0) is 24.4 Å². The summed E-state index contributed by atoms with van der Waals surface area (Å²) in [6, 6.07) is 1.69. The van der Waals surface area contributed by atoms with Gasteiger partial charge in [0.25, 0.3) is 0 Å². The molecule has 10 heteroatoms. The highest BCUT2D eigenvalue weighted by Gasteiger charge is 2.13. The number of rotatable bonds is 7. The molecule has 0 aliphatic heterocycles. The number of aliphatic carboxylic acids is 1. The van der Waals surface area contributed by atoms with Gasteiger partial charge in [0, 0.05) is 6.20 Å². The summed E-state index contributed by atoms with van der Waals surface area (Å²) in [6.07, 6.45) is 5.14. The van der Waals surface area contributed by atoms with Crippen LogP contribution in [0.1, 0.15) is 5.69 Å². The first kappa shape index (κ1) is 15.9. The third kappa shape index (κ3) is 3.35. The largest absolute Gasteiger partial charge is 0.480 e. The zero-order valence-electron chi connectivity index (χ0n) is 12.6. The van der Waals surface area contributed by atoms with E-state index in [0.717, 1.165) is 0 Å². The summed E-state index contributed by atoms with van der Waals surface area (Å²) in [6.45, 7) is 4.37. The molecule has 0 aromatic carbocycles. The highest BCUT2D eigenvalue weighted by atomic mass is 35.5. The number of hydrogen-bond acceptors (Lipinski definition) is 6. The van der Waals surface area contributed by atoms with Crippen molar-refractivity contribution in [2.45, 2.75) is 19.6 Å². The summed E-state index contributed by atoms with van der Waals surface area (Å²) in [7, 11) is 0. The average molecular weight is 348 g/mol. The van der Waals surface area contributed by atoms with E-state index in [1.165, 1.54) is 0 Å². The monoisotopic (exact) mass is 347 g/mol. The fourth-order valence-corrected chi connectivity index (χ4v) is 2.47. The molecule has 124 valence electrons. The van der Waals surface area contributed by atoms with Gasteiger partial charge in [-0.3, -0.25) is 4.79 Å². The number of halogens is 1. The van der Waals surface area contributed by atoms with Gasteiger partial charge in [-0.1, -0.05) is 11.3 Å². The summed E-state index contributed by atoms with van der Waals surface area (Å²) in [4.78, 5) is 19.3. The molecule has 24 heavy (non-hydrogen) atoms. The number of fused-ring (bicyclic) bond motifs is 1. The number of hydrogen-bond donors (Lipinski definition) is 2. The lowest BCUT2D eigenvalue weighted by Gasteiger charge is -2.08. The molecule has 0 saturated carbocycles. The van der Waals surface area contributed by atoms with Gasteiger partial charge in [0.15, 0.2) is 5.82 Å². The third-order valence-electron chi connectivity index (χ3n) is 3.23. The van der Waals surface area contributed by atoms with E-state index in [9.17, 15) is 4.79 Å². The van der Waals surface area contributed by atoms with Gasteiger partial charge in [-0.25, -0.2) is 9.67 Å². The van der Waals surface area contributed by atoms with Crippen LogP contribution in [0.2, 0.25) is 5.28 Å². The summed E-state index contributed by atoms with van der Waals surface area (Å²) < 4.78 is 3.20. The Labute approximate surface area is 141 Å². The average Bonchev–Trinajstić information content (AvgIpc) is 3.12. The first-order valence-electron chi connectivity index (χ1n) is 7.05. The Hall–Kier alpha value is -2.94. The van der Waals surface area contributed by atoms with Crippen molar-refractivity contribution in [1.82, 2.24) is 29.5 Å². The quantitative estimate of drug-likeness (QED) is 0.492. The van der Waals surface area contributed by atoms with E-state index in [0.29, 0.717) is 35.6 Å². The van der Waals surface area contributed by atoms with Gasteiger partial charge < -0.3 is 15.0 Å². The van der Waals surface area contributed by atoms with E-state index in [1.54, 1.807) is 33.8 Å². The number of nitrogens with zero attached hydrogens (tertiary/aromatic N) is 6. The molecule has 0 spiro atoms. The topological polar surface area (TPSA) is 111 Å². The summed E-state index contributed by atoms with van der Waals surface area (Å²) in [5.74, 6) is -0.518. The van der Waals surface area contributed by atoms with Gasteiger partial charge in [-0.2, -0.15) is 4.98 Å². The Kier molecular flexibility index (Phi) is 4.43. The summed E-state index contributed by atoms with van der Waals surface area (Å²) in [5.41, 5.74) is 1.84. The Morgan fingerprint density at radius 2 is 2.29 bits per heavy atom. The zero-order valence-corrected chi connectivity index (χ0v) is 13.3. The van der Waals surface area contributed by atoms with Crippen LogP contribution in [0.4, 0.5) is 5.82 Å². The fraction of sp³-hybridized carbons (Fsp3) is 0.214. The number of carboxylic acid groups (broad SMARTS) is 1. The van der Waals surface area contributed by atoms with Gasteiger partial charge in [0.05, 0.1) is 24.8 Å². The number of aromatic nitrogens is 6. The normalized spacial score (nSPS) is 10.9. The van der Waals surface area contributed by atoms with Crippen LogP contribution in [0.25, 0.3) is 11.0 Å². The van der Waals surface area contributed by atoms with Gasteiger partial charge in [-0.05, 0) is 17.7 Å². The van der Waals surface area contributed by atoms with Crippen molar-refractivity contribution in [1.29, 1.82) is 0 Å². The summed E-state index contributed by atoms with van der Waals surface area (Å²) in [5, 5.41) is 20.2. The van der Waals surface area contributed by atoms with Crippen molar-refractivity contribution in [3.63, 3.8) is 0 Å². The smallest absolute Gasteiger partial charge is 0.323 e. The van der Waals surface area contributed by atoms with Crippen LogP contribution < -0.4 is 5.32 Å². The second kappa shape index (κ2) is 6.67. The van der Waals surface area contributed by atoms with Crippen LogP contribution in [-0.4, -0.2) is 40.6 Å². The molecule has 0 fully saturated rings. The standard InChI is InChI=1S/C14H14ClN7O2/c1-2-4-22-7-9(19-20-22)6-16-13-12-10(17-14(15)18-13)3-5-21(12)8-11(23)24/h2-3,5,7H,1,4,6,8H2,(H,23,24)(H,16,17,18). The van der Waals surface area contributed by atoms with E-state index < -0.39 is 5.97 Å². The third-order valence-corrected chi connectivity index (χ3v) is 3.40. The lowest BCUT2D eigenvalue weighted by molar-refractivity contribution is -0.137.